The Hall–Kier alpha value is -2.47. The van der Waals surface area contributed by atoms with Gasteiger partial charge in [0.15, 0.2) is 0 Å². The minimum atomic E-state index is -0.362. The quantitative estimate of drug-likeness (QED) is 0.399. The molecule has 0 spiro atoms. The highest BCUT2D eigenvalue weighted by Crippen LogP contribution is 2.13. The van der Waals surface area contributed by atoms with Crippen molar-refractivity contribution in [3.8, 4) is 5.75 Å². The number of thiophene rings is 1. The number of benzene rings is 1. The van der Waals surface area contributed by atoms with Crippen LogP contribution in [0.15, 0.2) is 46.9 Å². The average Bonchev–Trinajstić information content (AvgIpc) is 2.98. The largest absolute Gasteiger partial charge is 0.427 e. The van der Waals surface area contributed by atoms with Crippen LogP contribution < -0.4 is 10.2 Å². The highest BCUT2D eigenvalue weighted by molar-refractivity contribution is 7.10. The molecule has 1 aromatic heterocycles. The first-order valence-corrected chi connectivity index (χ1v) is 7.57. The number of nitrogens with zero attached hydrogens (tertiary/aromatic N) is 1. The Balaban J connectivity index is 1.93. The molecule has 6 heteroatoms. The van der Waals surface area contributed by atoms with Gasteiger partial charge in [0.05, 0.1) is 12.1 Å². The molecule has 0 saturated carbocycles. The van der Waals surface area contributed by atoms with Crippen molar-refractivity contribution in [3.63, 3.8) is 0 Å². The number of hydrazone groups is 1. The molecule has 0 saturated heterocycles. The van der Waals surface area contributed by atoms with E-state index in [0.717, 1.165) is 10.4 Å². The van der Waals surface area contributed by atoms with Crippen LogP contribution in [0.2, 0.25) is 0 Å². The van der Waals surface area contributed by atoms with Crippen LogP contribution in [0, 0.1) is 0 Å². The molecule has 1 N–H and O–H groups in total. The van der Waals surface area contributed by atoms with E-state index in [1.165, 1.54) is 18.3 Å². The second-order valence-electron chi connectivity index (χ2n) is 4.61. The molecule has 1 aromatic carbocycles. The van der Waals surface area contributed by atoms with E-state index in [4.69, 9.17) is 4.74 Å². The third-order valence-corrected chi connectivity index (χ3v) is 3.67. The minimum absolute atomic E-state index is 0.154. The monoisotopic (exact) mass is 316 g/mol. The standard InChI is InChI=1S/C16H16N2O3S/c1-11(13-5-7-14(8-6-13)21-12(2)19)17-18-16(20)10-15-4-3-9-22-15/h3-9H,10H2,1-2H3,(H,18,20)/b17-11-. The highest BCUT2D eigenvalue weighted by atomic mass is 32.1. The molecule has 0 radical (unpaired) electrons. The van der Waals surface area contributed by atoms with Crippen molar-refractivity contribution in [1.29, 1.82) is 0 Å². The summed E-state index contributed by atoms with van der Waals surface area (Å²) in [6.07, 6.45) is 0.319. The molecule has 0 unspecified atom stereocenters. The Morgan fingerprint density at radius 2 is 1.91 bits per heavy atom. The van der Waals surface area contributed by atoms with Crippen LogP contribution in [-0.4, -0.2) is 17.6 Å². The van der Waals surface area contributed by atoms with E-state index in [2.05, 4.69) is 10.5 Å². The Kier molecular flexibility index (Phi) is 5.43. The van der Waals surface area contributed by atoms with Crippen LogP contribution in [0.25, 0.3) is 0 Å². The van der Waals surface area contributed by atoms with E-state index in [0.29, 0.717) is 17.9 Å². The first-order chi connectivity index (χ1) is 10.5. The van der Waals surface area contributed by atoms with E-state index in [1.54, 1.807) is 31.2 Å². The maximum absolute atomic E-state index is 11.8. The zero-order valence-electron chi connectivity index (χ0n) is 12.3. The number of amides is 1. The number of hydrogen-bond acceptors (Lipinski definition) is 5. The molecule has 2 rings (SSSR count). The normalized spacial score (nSPS) is 11.1. The Morgan fingerprint density at radius 3 is 2.50 bits per heavy atom. The van der Waals surface area contributed by atoms with Gasteiger partial charge in [-0.3, -0.25) is 9.59 Å². The van der Waals surface area contributed by atoms with Crippen LogP contribution in [0.1, 0.15) is 24.3 Å². The Labute approximate surface area is 132 Å². The zero-order chi connectivity index (χ0) is 15.9. The fourth-order valence-electron chi connectivity index (χ4n) is 1.75. The zero-order valence-corrected chi connectivity index (χ0v) is 13.1. The Morgan fingerprint density at radius 1 is 1.18 bits per heavy atom. The maximum Gasteiger partial charge on any atom is 0.308 e. The number of esters is 1. The van der Waals surface area contributed by atoms with Gasteiger partial charge in [-0.2, -0.15) is 5.10 Å². The lowest BCUT2D eigenvalue weighted by Crippen LogP contribution is -2.20. The molecule has 5 nitrogen and oxygen atoms in total. The number of rotatable bonds is 5. The second-order valence-corrected chi connectivity index (χ2v) is 5.64. The van der Waals surface area contributed by atoms with Crippen molar-refractivity contribution in [2.75, 3.05) is 0 Å². The van der Waals surface area contributed by atoms with Crippen molar-refractivity contribution in [2.45, 2.75) is 20.3 Å². The molecule has 114 valence electrons. The van der Waals surface area contributed by atoms with Gasteiger partial charge >= 0.3 is 5.97 Å². The summed E-state index contributed by atoms with van der Waals surface area (Å²) >= 11 is 1.54. The molecular formula is C16H16N2O3S. The van der Waals surface area contributed by atoms with Crippen molar-refractivity contribution >= 4 is 28.9 Å². The van der Waals surface area contributed by atoms with E-state index in [1.807, 2.05) is 17.5 Å². The fraction of sp³-hybridized carbons (Fsp3) is 0.188. The van der Waals surface area contributed by atoms with Gasteiger partial charge in [0.2, 0.25) is 5.91 Å². The van der Waals surface area contributed by atoms with E-state index < -0.39 is 0 Å². The third-order valence-electron chi connectivity index (χ3n) is 2.80. The molecular weight excluding hydrogens is 300 g/mol. The number of nitrogens with one attached hydrogen (secondary N) is 1. The van der Waals surface area contributed by atoms with Crippen molar-refractivity contribution in [3.05, 3.63) is 52.2 Å². The summed E-state index contributed by atoms with van der Waals surface area (Å²) in [6, 6.07) is 10.7. The average molecular weight is 316 g/mol. The SMILES string of the molecule is CC(=O)Oc1ccc(/C(C)=N\NC(=O)Cc2cccs2)cc1. The van der Waals surface area contributed by atoms with Gasteiger partial charge < -0.3 is 4.74 Å². The summed E-state index contributed by atoms with van der Waals surface area (Å²) in [7, 11) is 0. The van der Waals surface area contributed by atoms with E-state index in [-0.39, 0.29) is 11.9 Å². The molecule has 2 aromatic rings. The molecule has 1 amide bonds. The number of ether oxygens (including phenoxy) is 1. The molecule has 1 heterocycles. The van der Waals surface area contributed by atoms with Crippen molar-refractivity contribution < 1.29 is 14.3 Å². The topological polar surface area (TPSA) is 67.8 Å². The fourth-order valence-corrected chi connectivity index (χ4v) is 2.46. The van der Waals surface area contributed by atoms with Crippen LogP contribution in [-0.2, 0) is 16.0 Å². The lowest BCUT2D eigenvalue weighted by molar-refractivity contribution is -0.131. The number of carbonyl (C=O) groups is 2. The predicted octanol–water partition coefficient (Wildman–Crippen LogP) is 2.76. The summed E-state index contributed by atoms with van der Waals surface area (Å²) in [5.41, 5.74) is 4.05. The second kappa shape index (κ2) is 7.51. The van der Waals surface area contributed by atoms with Gasteiger partial charge in [-0.25, -0.2) is 5.43 Å². The summed E-state index contributed by atoms with van der Waals surface area (Å²) in [5.74, 6) is -0.0388. The third kappa shape index (κ3) is 4.82. The Bertz CT molecular complexity index is 676. The molecule has 0 aliphatic rings. The minimum Gasteiger partial charge on any atom is -0.427 e. The van der Waals surface area contributed by atoms with E-state index in [9.17, 15) is 9.59 Å². The predicted molar refractivity (Wildman–Crippen MR) is 86.1 cm³/mol. The van der Waals surface area contributed by atoms with Crippen LogP contribution in [0.3, 0.4) is 0 Å². The van der Waals surface area contributed by atoms with Gasteiger partial charge in [0, 0.05) is 11.8 Å². The smallest absolute Gasteiger partial charge is 0.308 e. The molecule has 0 aliphatic carbocycles. The first kappa shape index (κ1) is 15.9. The molecule has 0 aliphatic heterocycles. The molecule has 0 atom stereocenters. The number of hydrogen-bond donors (Lipinski definition) is 1. The van der Waals surface area contributed by atoms with E-state index >= 15 is 0 Å². The molecule has 22 heavy (non-hydrogen) atoms. The summed E-state index contributed by atoms with van der Waals surface area (Å²) in [6.45, 7) is 3.15. The molecule has 0 fully saturated rings. The van der Waals surface area contributed by atoms with Crippen LogP contribution >= 0.6 is 11.3 Å². The lowest BCUT2D eigenvalue weighted by atomic mass is 10.1. The maximum atomic E-state index is 11.8. The van der Waals surface area contributed by atoms with Gasteiger partial charge in [0.25, 0.3) is 0 Å². The first-order valence-electron chi connectivity index (χ1n) is 6.69. The lowest BCUT2D eigenvalue weighted by Gasteiger charge is -2.04. The van der Waals surface area contributed by atoms with Crippen LogP contribution in [0.5, 0.6) is 5.75 Å². The van der Waals surface area contributed by atoms with Gasteiger partial charge in [-0.1, -0.05) is 6.07 Å². The summed E-state index contributed by atoms with van der Waals surface area (Å²) in [5, 5.41) is 6.01. The van der Waals surface area contributed by atoms with Crippen molar-refractivity contribution in [1.82, 2.24) is 5.43 Å². The van der Waals surface area contributed by atoms with Crippen LogP contribution in [0.4, 0.5) is 0 Å². The number of carbonyl (C=O) groups excluding carboxylic acids is 2. The summed E-state index contributed by atoms with van der Waals surface area (Å²) in [4.78, 5) is 23.6. The molecule has 0 bridgehead atoms. The van der Waals surface area contributed by atoms with Crippen molar-refractivity contribution in [2.24, 2.45) is 5.10 Å². The van der Waals surface area contributed by atoms with Gasteiger partial charge in [-0.15, -0.1) is 11.3 Å². The highest BCUT2D eigenvalue weighted by Gasteiger charge is 2.04. The van der Waals surface area contributed by atoms with Gasteiger partial charge in [-0.05, 0) is 48.2 Å². The van der Waals surface area contributed by atoms with Gasteiger partial charge in [0.1, 0.15) is 5.75 Å². The summed E-state index contributed by atoms with van der Waals surface area (Å²) < 4.78 is 4.96.